The Hall–Kier alpha value is -2.74. The summed E-state index contributed by atoms with van der Waals surface area (Å²) in [4.78, 5) is 19.6. The van der Waals surface area contributed by atoms with E-state index in [1.807, 2.05) is 0 Å². The minimum atomic E-state index is -0.590. The van der Waals surface area contributed by atoms with Gasteiger partial charge in [-0.2, -0.15) is 0 Å². The molecular weight excluding hydrogens is 265 g/mol. The van der Waals surface area contributed by atoms with Crippen molar-refractivity contribution in [2.24, 2.45) is 5.84 Å². The van der Waals surface area contributed by atoms with Gasteiger partial charge in [0.2, 0.25) is 0 Å². The van der Waals surface area contributed by atoms with Crippen LogP contribution in [0.25, 0.3) is 0 Å². The molecule has 0 saturated heterocycles. The number of hydrogen-bond donors (Lipinski definition) is 3. The zero-order valence-electron chi connectivity index (χ0n) is 10.6. The Morgan fingerprint density at radius 1 is 1.35 bits per heavy atom. The molecule has 0 unspecified atom stereocenters. The van der Waals surface area contributed by atoms with E-state index in [0.29, 0.717) is 11.6 Å². The number of aromatic nitrogens is 2. The third-order valence-electron chi connectivity index (χ3n) is 2.45. The van der Waals surface area contributed by atoms with Gasteiger partial charge in [0.05, 0.1) is 25.2 Å². The molecule has 0 aliphatic carbocycles. The van der Waals surface area contributed by atoms with Gasteiger partial charge in [-0.1, -0.05) is 0 Å². The van der Waals surface area contributed by atoms with Crippen molar-refractivity contribution in [2.45, 2.75) is 0 Å². The molecule has 1 aromatic heterocycles. The van der Waals surface area contributed by atoms with Crippen molar-refractivity contribution in [3.63, 3.8) is 0 Å². The summed E-state index contributed by atoms with van der Waals surface area (Å²) in [6.45, 7) is 0. The number of nitrogens with two attached hydrogens (primary N) is 1. The molecule has 0 saturated carbocycles. The lowest BCUT2D eigenvalue weighted by molar-refractivity contribution is 0.102. The summed E-state index contributed by atoms with van der Waals surface area (Å²) >= 11 is 0. The average molecular weight is 277 g/mol. The first kappa shape index (κ1) is 13.7. The largest absolute Gasteiger partial charge is 0.497 e. The number of ether oxygens (including phenoxy) is 1. The number of carbonyl (C=O) groups excluding carboxylic acids is 1. The van der Waals surface area contributed by atoms with Gasteiger partial charge in [-0.3, -0.25) is 4.79 Å². The van der Waals surface area contributed by atoms with Crippen LogP contribution in [0.1, 0.15) is 10.5 Å². The van der Waals surface area contributed by atoms with Crippen LogP contribution >= 0.6 is 0 Å². The molecule has 0 atom stereocenters. The van der Waals surface area contributed by atoms with Gasteiger partial charge in [-0.05, 0) is 12.1 Å². The Labute approximate surface area is 114 Å². The zero-order chi connectivity index (χ0) is 14.5. The van der Waals surface area contributed by atoms with E-state index in [4.69, 9.17) is 10.6 Å². The number of rotatable bonds is 4. The highest BCUT2D eigenvalue weighted by atomic mass is 19.1. The molecule has 2 rings (SSSR count). The van der Waals surface area contributed by atoms with Gasteiger partial charge in [-0.25, -0.2) is 20.2 Å². The fourth-order valence-corrected chi connectivity index (χ4v) is 1.43. The molecule has 0 fully saturated rings. The predicted molar refractivity (Wildman–Crippen MR) is 70.7 cm³/mol. The first-order valence-corrected chi connectivity index (χ1v) is 5.57. The van der Waals surface area contributed by atoms with Crippen molar-refractivity contribution in [2.75, 3.05) is 17.9 Å². The maximum absolute atomic E-state index is 13.6. The second-order valence-electron chi connectivity index (χ2n) is 3.73. The van der Waals surface area contributed by atoms with E-state index < -0.39 is 11.7 Å². The summed E-state index contributed by atoms with van der Waals surface area (Å²) in [7, 11) is 1.45. The van der Waals surface area contributed by atoms with Crippen LogP contribution in [0.5, 0.6) is 5.75 Å². The van der Waals surface area contributed by atoms with Crippen LogP contribution in [0.4, 0.5) is 15.9 Å². The Morgan fingerprint density at radius 3 is 2.75 bits per heavy atom. The van der Waals surface area contributed by atoms with E-state index in [-0.39, 0.29) is 11.4 Å². The smallest absolute Gasteiger partial charge is 0.275 e. The third-order valence-corrected chi connectivity index (χ3v) is 2.45. The third kappa shape index (κ3) is 2.98. The van der Waals surface area contributed by atoms with Gasteiger partial charge in [0, 0.05) is 6.07 Å². The van der Waals surface area contributed by atoms with Gasteiger partial charge in [0.1, 0.15) is 17.3 Å². The van der Waals surface area contributed by atoms with Crippen LogP contribution in [0.3, 0.4) is 0 Å². The van der Waals surface area contributed by atoms with Crippen LogP contribution in [-0.4, -0.2) is 23.0 Å². The molecule has 0 aliphatic heterocycles. The van der Waals surface area contributed by atoms with Gasteiger partial charge >= 0.3 is 0 Å². The Kier molecular flexibility index (Phi) is 4.06. The van der Waals surface area contributed by atoms with Crippen molar-refractivity contribution in [3.8, 4) is 5.75 Å². The van der Waals surface area contributed by atoms with Crippen molar-refractivity contribution in [3.05, 3.63) is 42.1 Å². The van der Waals surface area contributed by atoms with Gasteiger partial charge < -0.3 is 15.5 Å². The van der Waals surface area contributed by atoms with Crippen LogP contribution in [-0.2, 0) is 0 Å². The molecule has 0 aliphatic rings. The number of nitrogen functional groups attached to an aromatic ring is 1. The summed E-state index contributed by atoms with van der Waals surface area (Å²) in [5, 5.41) is 2.39. The lowest BCUT2D eigenvalue weighted by Crippen LogP contribution is -2.16. The number of methoxy groups -OCH3 is 1. The van der Waals surface area contributed by atoms with E-state index in [1.54, 1.807) is 0 Å². The Bertz CT molecular complexity index is 618. The number of carbonyl (C=O) groups is 1. The fraction of sp³-hybridized carbons (Fsp3) is 0.0833. The highest BCUT2D eigenvalue weighted by Crippen LogP contribution is 2.21. The predicted octanol–water partition coefficient (Wildman–Crippen LogP) is 1.16. The summed E-state index contributed by atoms with van der Waals surface area (Å²) in [6, 6.07) is 4.02. The molecule has 7 nitrogen and oxygen atoms in total. The molecule has 1 heterocycles. The maximum atomic E-state index is 13.6. The number of nitrogens with zero attached hydrogens (tertiary/aromatic N) is 2. The van der Waals surface area contributed by atoms with Crippen molar-refractivity contribution >= 4 is 17.4 Å². The topological polar surface area (TPSA) is 102 Å². The number of anilines is 2. The molecule has 8 heteroatoms. The van der Waals surface area contributed by atoms with Gasteiger partial charge in [-0.15, -0.1) is 0 Å². The highest BCUT2D eigenvalue weighted by Gasteiger charge is 2.12. The number of benzene rings is 1. The van der Waals surface area contributed by atoms with E-state index in [2.05, 4.69) is 20.7 Å². The molecule has 0 bridgehead atoms. The van der Waals surface area contributed by atoms with Gasteiger partial charge in [0.25, 0.3) is 5.91 Å². The molecule has 20 heavy (non-hydrogen) atoms. The number of halogens is 1. The van der Waals surface area contributed by atoms with Gasteiger partial charge in [0.15, 0.2) is 5.82 Å². The quantitative estimate of drug-likeness (QED) is 0.572. The second-order valence-corrected chi connectivity index (χ2v) is 3.73. The van der Waals surface area contributed by atoms with Crippen LogP contribution in [0, 0.1) is 5.82 Å². The van der Waals surface area contributed by atoms with Crippen LogP contribution in [0.2, 0.25) is 0 Å². The normalized spacial score (nSPS) is 9.95. The highest BCUT2D eigenvalue weighted by molar-refractivity contribution is 6.02. The molecule has 1 aromatic carbocycles. The molecule has 2 aromatic rings. The second kappa shape index (κ2) is 5.93. The molecule has 0 spiro atoms. The summed E-state index contributed by atoms with van der Waals surface area (Å²) in [6.07, 6.45) is 2.51. The molecule has 4 N–H and O–H groups in total. The summed E-state index contributed by atoms with van der Waals surface area (Å²) in [5.74, 6) is 4.71. The zero-order valence-corrected chi connectivity index (χ0v) is 10.6. The minimum Gasteiger partial charge on any atom is -0.497 e. The van der Waals surface area contributed by atoms with E-state index in [9.17, 15) is 9.18 Å². The first-order valence-electron chi connectivity index (χ1n) is 5.57. The SMILES string of the molecule is COc1ccc(F)c(NC(=O)c2cnc(NN)cn2)c1. The monoisotopic (exact) mass is 277 g/mol. The standard InChI is InChI=1S/C12H12FN5O2/c1-20-7-2-3-8(13)9(4-7)17-12(19)10-5-16-11(18-14)6-15-10/h2-6H,14H2,1H3,(H,16,18)(H,17,19). The van der Waals surface area contributed by atoms with Crippen LogP contribution in [0.15, 0.2) is 30.6 Å². The Balaban J connectivity index is 2.18. The van der Waals surface area contributed by atoms with E-state index >= 15 is 0 Å². The lowest BCUT2D eigenvalue weighted by Gasteiger charge is -2.08. The Morgan fingerprint density at radius 2 is 2.15 bits per heavy atom. The first-order chi connectivity index (χ1) is 9.63. The van der Waals surface area contributed by atoms with Crippen molar-refractivity contribution in [1.82, 2.24) is 9.97 Å². The molecular formula is C12H12FN5O2. The number of amides is 1. The summed E-state index contributed by atoms with van der Waals surface area (Å²) < 4.78 is 18.5. The summed E-state index contributed by atoms with van der Waals surface area (Å²) in [5.41, 5.74) is 2.32. The average Bonchev–Trinajstić information content (AvgIpc) is 2.49. The molecule has 1 amide bonds. The molecule has 104 valence electrons. The van der Waals surface area contributed by atoms with E-state index in [1.165, 1.54) is 37.7 Å². The maximum Gasteiger partial charge on any atom is 0.275 e. The molecule has 0 radical (unpaired) electrons. The van der Waals surface area contributed by atoms with E-state index in [0.717, 1.165) is 0 Å². The number of hydrazine groups is 1. The van der Waals surface area contributed by atoms with Crippen LogP contribution < -0.4 is 21.3 Å². The minimum absolute atomic E-state index is 0.00261. The van der Waals surface area contributed by atoms with Crippen molar-refractivity contribution < 1.29 is 13.9 Å². The van der Waals surface area contributed by atoms with Crippen molar-refractivity contribution in [1.29, 1.82) is 0 Å². The fourth-order valence-electron chi connectivity index (χ4n) is 1.43. The number of hydrogen-bond acceptors (Lipinski definition) is 6. The lowest BCUT2D eigenvalue weighted by atomic mass is 10.2. The number of nitrogens with one attached hydrogen (secondary N) is 2.